The third-order valence-electron chi connectivity index (χ3n) is 6.42. The molecule has 5 rings (SSSR count). The number of hydrogen-bond donors (Lipinski definition) is 1. The number of alkyl halides is 1. The van der Waals surface area contributed by atoms with Crippen LogP contribution in [0.5, 0.6) is 0 Å². The third-order valence-corrected chi connectivity index (χ3v) is 10.3. The first-order valence-electron chi connectivity index (χ1n) is 9.67. The SMILES string of the molecule is O=C(I)NC12CC(N3CCN([I-]C4CCCCCCC4)CC3=O)(C1)C2. The molecule has 5 aliphatic rings. The Bertz CT molecular complexity index is 529. The number of rotatable bonds is 4. The number of carbonyl (C=O) groups excluding carboxylic acids is 2. The molecule has 0 spiro atoms. The van der Waals surface area contributed by atoms with E-state index in [1.807, 2.05) is 22.6 Å². The molecule has 0 aromatic carbocycles. The molecule has 142 valence electrons. The van der Waals surface area contributed by atoms with E-state index < -0.39 is 0 Å². The number of nitrogens with one attached hydrogen (secondary N) is 1. The molecule has 5 nitrogen and oxygen atoms in total. The van der Waals surface area contributed by atoms with Crippen molar-refractivity contribution >= 4 is 32.4 Å². The van der Waals surface area contributed by atoms with Crippen LogP contribution in [0.3, 0.4) is 0 Å². The van der Waals surface area contributed by atoms with Crippen LogP contribution in [-0.4, -0.2) is 52.5 Å². The second-order valence-corrected chi connectivity index (χ2v) is 13.0. The predicted molar refractivity (Wildman–Crippen MR) is 101 cm³/mol. The third kappa shape index (κ3) is 3.83. The molecule has 4 saturated carbocycles. The Hall–Kier alpha value is 0.360. The summed E-state index contributed by atoms with van der Waals surface area (Å²) in [6, 6.07) is 0. The maximum atomic E-state index is 12.8. The van der Waals surface area contributed by atoms with Crippen LogP contribution < -0.4 is 26.8 Å². The molecule has 7 heteroatoms. The van der Waals surface area contributed by atoms with E-state index in [2.05, 4.69) is 13.3 Å². The van der Waals surface area contributed by atoms with Crippen LogP contribution in [0.4, 0.5) is 4.79 Å². The first-order chi connectivity index (χ1) is 12.0. The van der Waals surface area contributed by atoms with Gasteiger partial charge in [0.15, 0.2) is 0 Å². The van der Waals surface area contributed by atoms with Gasteiger partial charge in [0.25, 0.3) is 0 Å². The molecule has 0 aromatic heterocycles. The summed E-state index contributed by atoms with van der Waals surface area (Å²) in [4.78, 5) is 26.2. The van der Waals surface area contributed by atoms with Crippen molar-refractivity contribution in [1.29, 1.82) is 0 Å². The molecule has 1 aliphatic heterocycles. The Morgan fingerprint density at radius 3 is 2.32 bits per heavy atom. The Kier molecular flexibility index (Phi) is 5.54. The van der Waals surface area contributed by atoms with Gasteiger partial charge in [0.1, 0.15) is 0 Å². The van der Waals surface area contributed by atoms with Gasteiger partial charge in [-0.05, 0) is 0 Å². The molecule has 1 heterocycles. The summed E-state index contributed by atoms with van der Waals surface area (Å²) < 4.78 is 3.44. The second-order valence-electron chi connectivity index (χ2n) is 8.36. The summed E-state index contributed by atoms with van der Waals surface area (Å²) in [5.74, 6) is 0.339. The molecule has 0 radical (unpaired) electrons. The van der Waals surface area contributed by atoms with Crippen molar-refractivity contribution in [3.63, 3.8) is 0 Å². The summed E-state index contributed by atoms with van der Waals surface area (Å²) in [6.45, 7) is 2.62. The van der Waals surface area contributed by atoms with Crippen molar-refractivity contribution in [2.45, 2.75) is 79.2 Å². The van der Waals surface area contributed by atoms with Crippen molar-refractivity contribution in [2.24, 2.45) is 0 Å². The molecule has 25 heavy (non-hydrogen) atoms. The van der Waals surface area contributed by atoms with Crippen LogP contribution in [-0.2, 0) is 4.79 Å². The fourth-order valence-electron chi connectivity index (χ4n) is 5.29. The van der Waals surface area contributed by atoms with Crippen LogP contribution in [0.15, 0.2) is 0 Å². The summed E-state index contributed by atoms with van der Waals surface area (Å²) in [7, 11) is 0. The Morgan fingerprint density at radius 1 is 1.08 bits per heavy atom. The monoisotopic (exact) mass is 572 g/mol. The molecular formula is C18H28I2N3O2-. The zero-order valence-corrected chi connectivity index (χ0v) is 19.1. The average molecular weight is 572 g/mol. The zero-order chi connectivity index (χ0) is 17.5. The Morgan fingerprint density at radius 2 is 1.72 bits per heavy atom. The molecule has 2 bridgehead atoms. The zero-order valence-electron chi connectivity index (χ0n) is 14.7. The van der Waals surface area contributed by atoms with Gasteiger partial charge in [0.2, 0.25) is 0 Å². The van der Waals surface area contributed by atoms with Crippen LogP contribution in [0.1, 0.15) is 64.2 Å². The van der Waals surface area contributed by atoms with Crippen LogP contribution >= 0.6 is 22.6 Å². The molecule has 5 fully saturated rings. The van der Waals surface area contributed by atoms with Gasteiger partial charge in [0, 0.05) is 0 Å². The van der Waals surface area contributed by atoms with Gasteiger partial charge >= 0.3 is 176 Å². The Balaban J connectivity index is 1.26. The van der Waals surface area contributed by atoms with Gasteiger partial charge in [-0.15, -0.1) is 0 Å². The molecule has 0 unspecified atom stereocenters. The second kappa shape index (κ2) is 7.41. The van der Waals surface area contributed by atoms with E-state index in [0.29, 0.717) is 12.5 Å². The molecule has 4 aliphatic carbocycles. The van der Waals surface area contributed by atoms with E-state index in [1.165, 1.54) is 44.9 Å². The van der Waals surface area contributed by atoms with Crippen molar-refractivity contribution in [1.82, 2.24) is 13.3 Å². The van der Waals surface area contributed by atoms with Crippen LogP contribution in [0, 0.1) is 0 Å². The number of amides is 2. The fraction of sp³-hybridized carbons (Fsp3) is 0.889. The number of hydrogen-bond acceptors (Lipinski definition) is 3. The van der Waals surface area contributed by atoms with Gasteiger partial charge in [-0.3, -0.25) is 0 Å². The number of halogens is 2. The summed E-state index contributed by atoms with van der Waals surface area (Å²) in [6.07, 6.45) is 12.7. The minimum atomic E-state index is 0.00119. The van der Waals surface area contributed by atoms with Gasteiger partial charge in [0.05, 0.1) is 0 Å². The summed E-state index contributed by atoms with van der Waals surface area (Å²) >= 11 is 1.81. The first-order valence-corrected chi connectivity index (χ1v) is 13.0. The molecule has 1 saturated heterocycles. The number of nitrogens with zero attached hydrogens (tertiary/aromatic N) is 2. The minimum absolute atomic E-state index is 0.00119. The van der Waals surface area contributed by atoms with Crippen molar-refractivity contribution in [3.05, 3.63) is 0 Å². The first kappa shape index (κ1) is 18.7. The van der Waals surface area contributed by atoms with Crippen molar-refractivity contribution in [3.8, 4) is 0 Å². The molecular weight excluding hydrogens is 544 g/mol. The molecule has 1 N–H and O–H groups in total. The van der Waals surface area contributed by atoms with Crippen molar-refractivity contribution in [2.75, 3.05) is 19.6 Å². The number of carbonyl (C=O) groups is 2. The van der Waals surface area contributed by atoms with Crippen molar-refractivity contribution < 1.29 is 31.1 Å². The van der Waals surface area contributed by atoms with E-state index in [0.717, 1.165) is 36.3 Å². The predicted octanol–water partition coefficient (Wildman–Crippen LogP) is 0.0672. The van der Waals surface area contributed by atoms with E-state index in [1.54, 1.807) is 0 Å². The van der Waals surface area contributed by atoms with Crippen LogP contribution in [0.25, 0.3) is 0 Å². The molecule has 2 amide bonds. The summed E-state index contributed by atoms with van der Waals surface area (Å²) in [5.41, 5.74) is 0.0995. The quantitative estimate of drug-likeness (QED) is 0.171. The molecule has 0 atom stereocenters. The Labute approximate surface area is 174 Å². The standard InChI is InChI=1S/C18H28I2N3O2/c19-16(25)21-17-11-18(12-17,13-17)23-9-8-22(10-15(23)24)20-14-6-4-2-1-3-5-7-14/h14H,1-13H2,(H,21,25)/q-1. The fourth-order valence-corrected chi connectivity index (χ4v) is 9.40. The summed E-state index contributed by atoms with van der Waals surface area (Å²) in [5, 5.41) is 3.08. The molecule has 0 aromatic rings. The van der Waals surface area contributed by atoms with E-state index >= 15 is 0 Å². The topological polar surface area (TPSA) is 52.7 Å². The maximum absolute atomic E-state index is 12.8. The van der Waals surface area contributed by atoms with E-state index in [4.69, 9.17) is 0 Å². The van der Waals surface area contributed by atoms with Gasteiger partial charge in [-0.1, -0.05) is 0 Å². The van der Waals surface area contributed by atoms with E-state index in [-0.39, 0.29) is 36.5 Å². The van der Waals surface area contributed by atoms with Gasteiger partial charge < -0.3 is 0 Å². The average Bonchev–Trinajstić information content (AvgIpc) is 2.45. The van der Waals surface area contributed by atoms with Crippen LogP contribution in [0.2, 0.25) is 0 Å². The normalized spacial score (nSPS) is 37.0. The van der Waals surface area contributed by atoms with Gasteiger partial charge in [-0.25, -0.2) is 0 Å². The number of piperazine rings is 1. The van der Waals surface area contributed by atoms with E-state index in [9.17, 15) is 9.59 Å². The van der Waals surface area contributed by atoms with Gasteiger partial charge in [-0.2, -0.15) is 0 Å².